The maximum absolute atomic E-state index is 11.4. The molecule has 5 heteroatoms. The number of fused-ring (bicyclic) bond motifs is 3. The van der Waals surface area contributed by atoms with E-state index in [9.17, 15) is 9.90 Å². The average Bonchev–Trinajstić information content (AvgIpc) is 3.30. The van der Waals surface area contributed by atoms with Gasteiger partial charge in [0.15, 0.2) is 0 Å². The summed E-state index contributed by atoms with van der Waals surface area (Å²) in [5, 5.41) is 9.36. The number of hydrogen-bond acceptors (Lipinski definition) is 3. The topological polar surface area (TPSA) is 81.1 Å². The molecule has 0 saturated heterocycles. The molecule has 1 aliphatic heterocycles. The molecule has 5 nitrogen and oxygen atoms in total. The van der Waals surface area contributed by atoms with Gasteiger partial charge in [0, 0.05) is 5.56 Å². The van der Waals surface area contributed by atoms with Gasteiger partial charge < -0.3 is 15.4 Å². The average molecular weight is 382 g/mol. The van der Waals surface area contributed by atoms with Crippen LogP contribution in [0, 0.1) is 17.8 Å². The molecular weight excluding hydrogens is 350 g/mol. The summed E-state index contributed by atoms with van der Waals surface area (Å²) in [6.07, 6.45) is 12.2. The fraction of sp³-hybridized carbons (Fsp3) is 0.565. The van der Waals surface area contributed by atoms with Crippen molar-refractivity contribution in [2.24, 2.45) is 23.5 Å². The summed E-state index contributed by atoms with van der Waals surface area (Å²) in [5.41, 5.74) is 9.81. The number of hydrogen-bond donors (Lipinski definition) is 2. The van der Waals surface area contributed by atoms with Gasteiger partial charge in [0.1, 0.15) is 6.04 Å². The first kappa shape index (κ1) is 19.2. The van der Waals surface area contributed by atoms with Crippen LogP contribution >= 0.6 is 0 Å². The van der Waals surface area contributed by atoms with Crippen molar-refractivity contribution in [3.05, 3.63) is 42.4 Å². The van der Waals surface area contributed by atoms with Gasteiger partial charge in [0.2, 0.25) is 0 Å². The van der Waals surface area contributed by atoms with Crippen molar-refractivity contribution in [1.29, 1.82) is 0 Å². The van der Waals surface area contributed by atoms with Gasteiger partial charge in [0.25, 0.3) is 0 Å². The quantitative estimate of drug-likeness (QED) is 0.741. The van der Waals surface area contributed by atoms with Crippen molar-refractivity contribution in [3.63, 3.8) is 0 Å². The fourth-order valence-electron chi connectivity index (χ4n) is 5.41. The molecule has 1 fully saturated rings. The first-order valence-corrected chi connectivity index (χ1v) is 10.7. The Labute approximate surface area is 167 Å². The molecule has 2 aliphatic rings. The van der Waals surface area contributed by atoms with Crippen LogP contribution in [0.4, 0.5) is 0 Å². The zero-order chi connectivity index (χ0) is 19.7. The molecule has 3 N–H and O–H groups in total. The van der Waals surface area contributed by atoms with Crippen molar-refractivity contribution in [2.75, 3.05) is 0 Å². The Hall–Kier alpha value is -2.14. The number of carboxylic acids is 1. The molecule has 4 rings (SSSR count). The van der Waals surface area contributed by atoms with Crippen LogP contribution in [0.15, 0.2) is 36.8 Å². The number of benzene rings is 1. The van der Waals surface area contributed by atoms with Gasteiger partial charge in [-0.2, -0.15) is 0 Å². The van der Waals surface area contributed by atoms with Crippen LogP contribution in [-0.4, -0.2) is 26.7 Å². The molecule has 28 heavy (non-hydrogen) atoms. The fourth-order valence-corrected chi connectivity index (χ4v) is 5.41. The van der Waals surface area contributed by atoms with Gasteiger partial charge in [-0.3, -0.25) is 4.79 Å². The molecule has 150 valence electrons. The molecule has 0 amide bonds. The lowest BCUT2D eigenvalue weighted by Gasteiger charge is -2.35. The number of carboxylic acid groups (broad SMARTS) is 1. The first-order chi connectivity index (χ1) is 13.6. The van der Waals surface area contributed by atoms with Crippen LogP contribution in [0.1, 0.15) is 63.5 Å². The minimum atomic E-state index is -0.891. The zero-order valence-corrected chi connectivity index (χ0v) is 16.6. The maximum atomic E-state index is 11.4. The summed E-state index contributed by atoms with van der Waals surface area (Å²) >= 11 is 0. The van der Waals surface area contributed by atoms with E-state index in [1.807, 2.05) is 19.4 Å². The van der Waals surface area contributed by atoms with E-state index in [0.29, 0.717) is 11.8 Å². The lowest BCUT2D eigenvalue weighted by Crippen LogP contribution is -2.38. The van der Waals surface area contributed by atoms with Gasteiger partial charge in [-0.15, -0.1) is 0 Å². The maximum Gasteiger partial charge on any atom is 0.320 e. The highest BCUT2D eigenvalue weighted by Gasteiger charge is 2.35. The molecule has 1 saturated carbocycles. The van der Waals surface area contributed by atoms with E-state index in [-0.39, 0.29) is 12.0 Å². The van der Waals surface area contributed by atoms with Crippen molar-refractivity contribution >= 4 is 5.97 Å². The minimum Gasteiger partial charge on any atom is -0.480 e. The highest BCUT2D eigenvalue weighted by atomic mass is 16.4. The third-order valence-corrected chi connectivity index (χ3v) is 7.01. The third-order valence-electron chi connectivity index (χ3n) is 7.01. The third kappa shape index (κ3) is 3.60. The number of aliphatic carboxylic acids is 1. The SMILES string of the molecule is CC(CC(CC1c2ccccc2-c2cncn21)C1CCCCC1)[C@H](N)C(=O)O. The molecule has 1 aromatic carbocycles. The van der Waals surface area contributed by atoms with E-state index in [2.05, 4.69) is 33.8 Å². The van der Waals surface area contributed by atoms with E-state index in [0.717, 1.165) is 12.8 Å². The summed E-state index contributed by atoms with van der Waals surface area (Å²) in [6, 6.07) is 8.12. The smallest absolute Gasteiger partial charge is 0.320 e. The molecule has 1 aromatic heterocycles. The van der Waals surface area contributed by atoms with Crippen LogP contribution in [0.5, 0.6) is 0 Å². The van der Waals surface area contributed by atoms with Gasteiger partial charge in [-0.1, -0.05) is 63.3 Å². The van der Waals surface area contributed by atoms with E-state index in [4.69, 9.17) is 5.73 Å². The largest absolute Gasteiger partial charge is 0.480 e. The molecule has 4 atom stereocenters. The highest BCUT2D eigenvalue weighted by Crippen LogP contribution is 2.46. The first-order valence-electron chi connectivity index (χ1n) is 10.7. The molecule has 3 unspecified atom stereocenters. The van der Waals surface area contributed by atoms with Gasteiger partial charge in [0.05, 0.1) is 24.3 Å². The number of rotatable bonds is 7. The molecule has 2 heterocycles. The lowest BCUT2D eigenvalue weighted by molar-refractivity contribution is -0.139. The van der Waals surface area contributed by atoms with Gasteiger partial charge in [-0.25, -0.2) is 4.98 Å². The number of nitrogens with zero attached hydrogens (tertiary/aromatic N) is 2. The van der Waals surface area contributed by atoms with Crippen LogP contribution in [0.2, 0.25) is 0 Å². The van der Waals surface area contributed by atoms with Crippen LogP contribution in [0.25, 0.3) is 11.3 Å². The standard InChI is InChI=1S/C23H31N3O2/c1-15(22(24)23(27)28)11-17(16-7-3-2-4-8-16)12-20-18-9-5-6-10-19(18)21-13-25-14-26(20)21/h5-6,9-10,13-17,20,22H,2-4,7-8,11-12,24H2,1H3,(H,27,28)/t15?,17?,20?,22-/m0/s1. The predicted octanol–water partition coefficient (Wildman–Crippen LogP) is 4.48. The Morgan fingerprint density at radius 3 is 2.79 bits per heavy atom. The van der Waals surface area contributed by atoms with Crippen molar-refractivity contribution in [3.8, 4) is 11.3 Å². The summed E-state index contributed by atoms with van der Waals surface area (Å²) in [5.74, 6) is 0.227. The zero-order valence-electron chi connectivity index (χ0n) is 16.6. The summed E-state index contributed by atoms with van der Waals surface area (Å²) in [7, 11) is 0. The van der Waals surface area contributed by atoms with E-state index in [1.54, 1.807) is 0 Å². The number of nitrogens with two attached hydrogens (primary N) is 1. The van der Waals surface area contributed by atoms with E-state index in [1.165, 1.54) is 48.9 Å². The summed E-state index contributed by atoms with van der Waals surface area (Å²) in [4.78, 5) is 15.8. The second-order valence-electron chi connectivity index (χ2n) is 8.76. The molecular formula is C23H31N3O2. The second-order valence-corrected chi connectivity index (χ2v) is 8.76. The Bertz CT molecular complexity index is 825. The van der Waals surface area contributed by atoms with E-state index < -0.39 is 12.0 Å². The molecule has 0 radical (unpaired) electrons. The monoisotopic (exact) mass is 381 g/mol. The summed E-state index contributed by atoms with van der Waals surface area (Å²) in [6.45, 7) is 2.00. The lowest BCUT2D eigenvalue weighted by atomic mass is 9.72. The van der Waals surface area contributed by atoms with Crippen LogP contribution in [-0.2, 0) is 4.79 Å². The van der Waals surface area contributed by atoms with Gasteiger partial charge in [-0.05, 0) is 36.2 Å². The molecule has 0 spiro atoms. The normalized spacial score (nSPS) is 22.3. The van der Waals surface area contributed by atoms with Crippen molar-refractivity contribution in [2.45, 2.75) is 64.0 Å². The Morgan fingerprint density at radius 2 is 2.04 bits per heavy atom. The number of imidazole rings is 1. The Balaban J connectivity index is 1.60. The van der Waals surface area contributed by atoms with E-state index >= 15 is 0 Å². The van der Waals surface area contributed by atoms with Gasteiger partial charge >= 0.3 is 5.97 Å². The molecule has 0 bridgehead atoms. The van der Waals surface area contributed by atoms with Crippen molar-refractivity contribution < 1.29 is 9.90 Å². The minimum absolute atomic E-state index is 0.0247. The number of aromatic nitrogens is 2. The Morgan fingerprint density at radius 1 is 1.29 bits per heavy atom. The van der Waals surface area contributed by atoms with Crippen molar-refractivity contribution in [1.82, 2.24) is 9.55 Å². The highest BCUT2D eigenvalue weighted by molar-refractivity contribution is 5.73. The second kappa shape index (κ2) is 8.08. The summed E-state index contributed by atoms with van der Waals surface area (Å²) < 4.78 is 2.31. The molecule has 1 aliphatic carbocycles. The molecule has 2 aromatic rings. The Kier molecular flexibility index (Phi) is 5.54. The predicted molar refractivity (Wildman–Crippen MR) is 110 cm³/mol. The van der Waals surface area contributed by atoms with Crippen LogP contribution in [0.3, 0.4) is 0 Å². The van der Waals surface area contributed by atoms with Crippen LogP contribution < -0.4 is 5.73 Å². The number of carbonyl (C=O) groups is 1.